The van der Waals surface area contributed by atoms with Gasteiger partial charge in [0.2, 0.25) is 5.95 Å². The highest BCUT2D eigenvalue weighted by Crippen LogP contribution is 2.15. The molecule has 94 valence electrons. The smallest absolute Gasteiger partial charge is 0.387 e. The molecule has 0 saturated heterocycles. The fourth-order valence-corrected chi connectivity index (χ4v) is 1.30. The Morgan fingerprint density at radius 2 is 2.06 bits per heavy atom. The summed E-state index contributed by atoms with van der Waals surface area (Å²) in [7, 11) is 0. The number of nitrogens with one attached hydrogen (secondary N) is 2. The zero-order chi connectivity index (χ0) is 13.0. The number of anilines is 1. The Labute approximate surface area is 101 Å². The lowest BCUT2D eigenvalue weighted by Gasteiger charge is -2.05. The number of H-pyrrole nitrogens is 1. The van der Waals surface area contributed by atoms with E-state index in [0.29, 0.717) is 11.5 Å². The molecule has 7 heteroatoms. The van der Waals surface area contributed by atoms with E-state index >= 15 is 0 Å². The van der Waals surface area contributed by atoms with Crippen LogP contribution in [-0.4, -0.2) is 22.5 Å². The SMILES string of the molecule is O=C(Nc1ncc[nH]1)c1ccc(OC(F)F)cc1. The van der Waals surface area contributed by atoms with Gasteiger partial charge in [-0.1, -0.05) is 0 Å². The van der Waals surface area contributed by atoms with Gasteiger partial charge in [0.05, 0.1) is 0 Å². The number of aromatic nitrogens is 2. The Morgan fingerprint density at radius 3 is 2.61 bits per heavy atom. The van der Waals surface area contributed by atoms with E-state index in [9.17, 15) is 13.6 Å². The molecule has 0 unspecified atom stereocenters. The van der Waals surface area contributed by atoms with Gasteiger partial charge in [-0.15, -0.1) is 0 Å². The van der Waals surface area contributed by atoms with Crippen molar-refractivity contribution in [3.8, 4) is 5.75 Å². The summed E-state index contributed by atoms with van der Waals surface area (Å²) in [6.45, 7) is -2.88. The predicted molar refractivity (Wildman–Crippen MR) is 59.6 cm³/mol. The molecular weight excluding hydrogens is 244 g/mol. The van der Waals surface area contributed by atoms with E-state index in [1.807, 2.05) is 0 Å². The molecular formula is C11H9F2N3O2. The van der Waals surface area contributed by atoms with Gasteiger partial charge in [0, 0.05) is 18.0 Å². The average Bonchev–Trinajstić information content (AvgIpc) is 2.82. The largest absolute Gasteiger partial charge is 0.435 e. The number of ether oxygens (including phenoxy) is 1. The van der Waals surface area contributed by atoms with Crippen LogP contribution in [0.4, 0.5) is 14.7 Å². The number of amides is 1. The maximum Gasteiger partial charge on any atom is 0.387 e. The number of carbonyl (C=O) groups excluding carboxylic acids is 1. The van der Waals surface area contributed by atoms with Crippen LogP contribution in [0.3, 0.4) is 0 Å². The molecule has 0 spiro atoms. The molecule has 1 amide bonds. The molecule has 5 nitrogen and oxygen atoms in total. The Balaban J connectivity index is 2.03. The van der Waals surface area contributed by atoms with Gasteiger partial charge in [-0.05, 0) is 24.3 Å². The lowest BCUT2D eigenvalue weighted by molar-refractivity contribution is -0.0498. The molecule has 0 bridgehead atoms. The zero-order valence-electron chi connectivity index (χ0n) is 9.06. The molecule has 0 fully saturated rings. The van der Waals surface area contributed by atoms with Crippen molar-refractivity contribution in [3.63, 3.8) is 0 Å². The van der Waals surface area contributed by atoms with E-state index in [1.165, 1.54) is 30.5 Å². The van der Waals surface area contributed by atoms with E-state index in [-0.39, 0.29) is 5.75 Å². The van der Waals surface area contributed by atoms with Gasteiger partial charge in [0.15, 0.2) is 0 Å². The van der Waals surface area contributed by atoms with Crippen LogP contribution in [0.1, 0.15) is 10.4 Å². The third-order valence-electron chi connectivity index (χ3n) is 2.07. The Morgan fingerprint density at radius 1 is 1.33 bits per heavy atom. The summed E-state index contributed by atoms with van der Waals surface area (Å²) in [6.07, 6.45) is 3.06. The zero-order valence-corrected chi connectivity index (χ0v) is 9.06. The number of benzene rings is 1. The molecule has 0 aliphatic heterocycles. The number of halogens is 2. The maximum absolute atomic E-state index is 11.9. The van der Waals surface area contributed by atoms with Crippen molar-refractivity contribution in [2.24, 2.45) is 0 Å². The molecule has 1 aromatic carbocycles. The number of rotatable bonds is 4. The highest BCUT2D eigenvalue weighted by Gasteiger charge is 2.08. The van der Waals surface area contributed by atoms with E-state index in [1.54, 1.807) is 6.20 Å². The summed E-state index contributed by atoms with van der Waals surface area (Å²) in [5, 5.41) is 2.50. The van der Waals surface area contributed by atoms with Crippen LogP contribution >= 0.6 is 0 Å². The second-order valence-corrected chi connectivity index (χ2v) is 3.29. The van der Waals surface area contributed by atoms with Crippen molar-refractivity contribution in [3.05, 3.63) is 42.2 Å². The number of nitrogens with zero attached hydrogens (tertiary/aromatic N) is 1. The minimum Gasteiger partial charge on any atom is -0.435 e. The van der Waals surface area contributed by atoms with Crippen LogP contribution in [0.15, 0.2) is 36.7 Å². The lowest BCUT2D eigenvalue weighted by atomic mass is 10.2. The van der Waals surface area contributed by atoms with E-state index < -0.39 is 12.5 Å². The van der Waals surface area contributed by atoms with Gasteiger partial charge in [-0.2, -0.15) is 8.78 Å². The molecule has 1 aromatic heterocycles. The Kier molecular flexibility index (Phi) is 3.52. The van der Waals surface area contributed by atoms with E-state index in [0.717, 1.165) is 0 Å². The normalized spacial score (nSPS) is 10.4. The first-order chi connectivity index (χ1) is 8.65. The number of alkyl halides is 2. The summed E-state index contributed by atoms with van der Waals surface area (Å²) < 4.78 is 28.0. The van der Waals surface area contributed by atoms with Crippen molar-refractivity contribution in [1.82, 2.24) is 9.97 Å². The third kappa shape index (κ3) is 3.03. The summed E-state index contributed by atoms with van der Waals surface area (Å²) in [5.74, 6) is -0.0824. The highest BCUT2D eigenvalue weighted by molar-refractivity contribution is 6.03. The molecule has 0 aliphatic rings. The van der Waals surface area contributed by atoms with Crippen LogP contribution in [0, 0.1) is 0 Å². The van der Waals surface area contributed by atoms with Crippen LogP contribution in [0.2, 0.25) is 0 Å². The first-order valence-corrected chi connectivity index (χ1v) is 5.01. The monoisotopic (exact) mass is 253 g/mol. The number of hydrogen-bond donors (Lipinski definition) is 2. The number of imidazole rings is 1. The second-order valence-electron chi connectivity index (χ2n) is 3.29. The van der Waals surface area contributed by atoms with Crippen molar-refractivity contribution < 1.29 is 18.3 Å². The minimum atomic E-state index is -2.88. The summed E-state index contributed by atoms with van der Waals surface area (Å²) >= 11 is 0. The summed E-state index contributed by atoms with van der Waals surface area (Å²) in [4.78, 5) is 18.2. The Bertz CT molecular complexity index is 512. The van der Waals surface area contributed by atoms with Gasteiger partial charge in [-0.25, -0.2) is 4.98 Å². The van der Waals surface area contributed by atoms with Crippen molar-refractivity contribution >= 4 is 11.9 Å². The summed E-state index contributed by atoms with van der Waals surface area (Å²) in [5.41, 5.74) is 0.313. The molecule has 2 aromatic rings. The predicted octanol–water partition coefficient (Wildman–Crippen LogP) is 2.26. The molecule has 0 saturated carbocycles. The molecule has 2 rings (SSSR count). The minimum absolute atomic E-state index is 0.000418. The molecule has 0 atom stereocenters. The van der Waals surface area contributed by atoms with E-state index in [4.69, 9.17) is 0 Å². The molecule has 0 aliphatic carbocycles. The molecule has 18 heavy (non-hydrogen) atoms. The number of carbonyl (C=O) groups is 1. The summed E-state index contributed by atoms with van der Waals surface area (Å²) in [6, 6.07) is 5.36. The molecule has 1 heterocycles. The van der Waals surface area contributed by atoms with Crippen LogP contribution in [-0.2, 0) is 0 Å². The first-order valence-electron chi connectivity index (χ1n) is 5.01. The van der Waals surface area contributed by atoms with Crippen LogP contribution in [0.5, 0.6) is 5.75 Å². The number of aromatic amines is 1. The maximum atomic E-state index is 11.9. The second kappa shape index (κ2) is 5.26. The van der Waals surface area contributed by atoms with Crippen molar-refractivity contribution in [1.29, 1.82) is 0 Å². The van der Waals surface area contributed by atoms with Crippen molar-refractivity contribution in [2.75, 3.05) is 5.32 Å². The molecule has 2 N–H and O–H groups in total. The Hall–Kier alpha value is -2.44. The van der Waals surface area contributed by atoms with Gasteiger partial charge < -0.3 is 9.72 Å². The third-order valence-corrected chi connectivity index (χ3v) is 2.07. The topological polar surface area (TPSA) is 67.0 Å². The van der Waals surface area contributed by atoms with Gasteiger partial charge in [-0.3, -0.25) is 10.1 Å². The lowest BCUT2D eigenvalue weighted by Crippen LogP contribution is -2.12. The standard InChI is InChI=1S/C11H9F2N3O2/c12-10(13)18-8-3-1-7(2-4-8)9(17)16-11-14-5-6-15-11/h1-6,10H,(H2,14,15,16,17). The first kappa shape index (κ1) is 12.0. The fourth-order valence-electron chi connectivity index (χ4n) is 1.30. The molecule has 0 radical (unpaired) electrons. The number of hydrogen-bond acceptors (Lipinski definition) is 3. The fraction of sp³-hybridized carbons (Fsp3) is 0.0909. The van der Waals surface area contributed by atoms with Crippen LogP contribution in [0.25, 0.3) is 0 Å². The average molecular weight is 253 g/mol. The highest BCUT2D eigenvalue weighted by atomic mass is 19.3. The van der Waals surface area contributed by atoms with Gasteiger partial charge >= 0.3 is 6.61 Å². The van der Waals surface area contributed by atoms with Gasteiger partial charge in [0.25, 0.3) is 5.91 Å². The van der Waals surface area contributed by atoms with Gasteiger partial charge in [0.1, 0.15) is 5.75 Å². The van der Waals surface area contributed by atoms with Crippen LogP contribution < -0.4 is 10.1 Å². The van der Waals surface area contributed by atoms with E-state index in [2.05, 4.69) is 20.0 Å². The quantitative estimate of drug-likeness (QED) is 0.878. The van der Waals surface area contributed by atoms with Crippen molar-refractivity contribution in [2.45, 2.75) is 6.61 Å².